The Morgan fingerprint density at radius 1 is 1.29 bits per heavy atom. The molecule has 0 spiro atoms. The van der Waals surface area contributed by atoms with Gasteiger partial charge in [-0.25, -0.2) is 4.39 Å². The first-order valence-electron chi connectivity index (χ1n) is 7.61. The molecule has 1 fully saturated rings. The molecule has 0 unspecified atom stereocenters. The number of benzene rings is 1. The van der Waals surface area contributed by atoms with E-state index in [1.807, 2.05) is 27.7 Å². The lowest BCUT2D eigenvalue weighted by Gasteiger charge is -2.32. The van der Waals surface area contributed by atoms with Crippen molar-refractivity contribution < 1.29 is 18.4 Å². The molecule has 0 aliphatic carbocycles. The third kappa shape index (κ3) is 3.56. The van der Waals surface area contributed by atoms with E-state index < -0.39 is 24.0 Å². The number of methoxy groups -OCH3 is 1. The number of nitrogens with zero attached hydrogens (tertiary/aromatic N) is 3. The minimum atomic E-state index is -1.15. The Hall–Kier alpha value is -2.02. The second-order valence-corrected chi connectivity index (χ2v) is 6.54. The molecule has 0 aromatic heterocycles. The fraction of sp³-hybridized carbons (Fsp3) is 0.500. The molecule has 1 aliphatic rings. The van der Waals surface area contributed by atoms with Crippen molar-refractivity contribution in [2.75, 3.05) is 13.7 Å². The molecule has 1 saturated heterocycles. The highest BCUT2D eigenvalue weighted by Crippen LogP contribution is 2.40. The topological polar surface area (TPSA) is 76.5 Å². The number of azide groups is 1. The first kappa shape index (κ1) is 18.3. The van der Waals surface area contributed by atoms with Crippen LogP contribution in [0.15, 0.2) is 35.1 Å². The summed E-state index contributed by atoms with van der Waals surface area (Å²) in [6, 6.07) is 6.88. The Kier molecular flexibility index (Phi) is 5.23. The largest absolute Gasteiger partial charge is 0.525 e. The Labute approximate surface area is 141 Å². The molecule has 0 N–H and O–H groups in total. The second kappa shape index (κ2) is 6.85. The van der Waals surface area contributed by atoms with Crippen LogP contribution >= 0.6 is 0 Å². The first-order valence-corrected chi connectivity index (χ1v) is 7.61. The monoisotopic (exact) mass is 333 g/mol. The molecule has 0 bridgehead atoms. The van der Waals surface area contributed by atoms with Gasteiger partial charge >= 0.3 is 7.12 Å². The summed E-state index contributed by atoms with van der Waals surface area (Å²) in [4.78, 5) is 2.72. The standard InChI is InChI=1S/C16H21BFN3O3/c1-15(2)16(3,4)24-17(23-15)14(18)13(10-20-21-19)11-7-6-8-12(9-11)22-5/h6-9H,10H2,1-5H3. The lowest BCUT2D eigenvalue weighted by atomic mass is 9.82. The lowest BCUT2D eigenvalue weighted by Crippen LogP contribution is -2.41. The van der Waals surface area contributed by atoms with Gasteiger partial charge in [0.2, 0.25) is 0 Å². The minimum absolute atomic E-state index is 0.153. The zero-order valence-electron chi connectivity index (χ0n) is 14.5. The molecule has 1 heterocycles. The molecule has 1 aliphatic heterocycles. The van der Waals surface area contributed by atoms with Gasteiger partial charge < -0.3 is 14.0 Å². The van der Waals surface area contributed by atoms with E-state index >= 15 is 4.39 Å². The Balaban J connectivity index is 2.46. The summed E-state index contributed by atoms with van der Waals surface area (Å²) in [5.41, 5.74) is 7.44. The molecule has 6 nitrogen and oxygen atoms in total. The van der Waals surface area contributed by atoms with Crippen LogP contribution in [-0.4, -0.2) is 32.0 Å². The highest BCUT2D eigenvalue weighted by Gasteiger charge is 2.53. The molecule has 8 heteroatoms. The van der Waals surface area contributed by atoms with Crippen LogP contribution in [0.25, 0.3) is 16.0 Å². The fourth-order valence-corrected chi connectivity index (χ4v) is 2.31. The van der Waals surface area contributed by atoms with E-state index in [0.717, 1.165) is 0 Å². The van der Waals surface area contributed by atoms with Crippen molar-refractivity contribution >= 4 is 12.7 Å². The van der Waals surface area contributed by atoms with Crippen molar-refractivity contribution in [3.8, 4) is 5.75 Å². The Bertz CT molecular complexity index is 684. The number of ether oxygens (including phenoxy) is 1. The van der Waals surface area contributed by atoms with Crippen molar-refractivity contribution in [2.24, 2.45) is 5.11 Å². The van der Waals surface area contributed by atoms with Gasteiger partial charge in [0, 0.05) is 4.91 Å². The van der Waals surface area contributed by atoms with Gasteiger partial charge in [-0.15, -0.1) is 0 Å². The van der Waals surface area contributed by atoms with E-state index in [1.54, 1.807) is 24.3 Å². The van der Waals surface area contributed by atoms with Crippen molar-refractivity contribution in [3.05, 3.63) is 46.0 Å². The molecule has 0 atom stereocenters. The molecule has 24 heavy (non-hydrogen) atoms. The average Bonchev–Trinajstić information content (AvgIpc) is 2.76. The SMILES string of the molecule is COc1cccc(C(CN=[N+]=[N-])=C(F)B2OC(C)(C)C(C)(C)O2)c1. The van der Waals surface area contributed by atoms with E-state index in [9.17, 15) is 0 Å². The maximum atomic E-state index is 15.1. The fourth-order valence-electron chi connectivity index (χ4n) is 2.31. The van der Waals surface area contributed by atoms with Crippen LogP contribution in [0, 0.1) is 0 Å². The van der Waals surface area contributed by atoms with Crippen LogP contribution < -0.4 is 4.74 Å². The van der Waals surface area contributed by atoms with E-state index in [-0.39, 0.29) is 12.1 Å². The number of hydrogen-bond acceptors (Lipinski definition) is 4. The van der Waals surface area contributed by atoms with Crippen LogP contribution in [0.1, 0.15) is 33.3 Å². The third-order valence-corrected chi connectivity index (χ3v) is 4.46. The van der Waals surface area contributed by atoms with Gasteiger partial charge in [-0.3, -0.25) is 0 Å². The summed E-state index contributed by atoms with van der Waals surface area (Å²) in [5.74, 6) is 0.577. The smallest absolute Gasteiger partial charge is 0.497 e. The third-order valence-electron chi connectivity index (χ3n) is 4.46. The molecule has 0 radical (unpaired) electrons. The van der Waals surface area contributed by atoms with E-state index in [4.69, 9.17) is 19.6 Å². The summed E-state index contributed by atoms with van der Waals surface area (Å²) in [6.07, 6.45) is 0. The van der Waals surface area contributed by atoms with Gasteiger partial charge in [-0.2, -0.15) is 0 Å². The van der Waals surface area contributed by atoms with Crippen LogP contribution in [0.3, 0.4) is 0 Å². The van der Waals surface area contributed by atoms with Gasteiger partial charge in [0.1, 0.15) is 11.5 Å². The van der Waals surface area contributed by atoms with Crippen molar-refractivity contribution in [1.29, 1.82) is 0 Å². The first-order chi connectivity index (χ1) is 11.2. The Morgan fingerprint density at radius 3 is 2.46 bits per heavy atom. The molecule has 1 aromatic carbocycles. The van der Waals surface area contributed by atoms with Crippen LogP contribution in [0.5, 0.6) is 5.75 Å². The molecular formula is C16H21BFN3O3. The molecule has 2 rings (SSSR count). The summed E-state index contributed by atoms with van der Waals surface area (Å²) >= 11 is 0. The molecule has 1 aromatic rings. The van der Waals surface area contributed by atoms with Gasteiger partial charge in [-0.05, 0) is 56.5 Å². The van der Waals surface area contributed by atoms with E-state index in [2.05, 4.69) is 10.0 Å². The number of rotatable bonds is 5. The maximum Gasteiger partial charge on any atom is 0.525 e. The van der Waals surface area contributed by atoms with Crippen molar-refractivity contribution in [2.45, 2.75) is 38.9 Å². The minimum Gasteiger partial charge on any atom is -0.497 e. The van der Waals surface area contributed by atoms with Crippen molar-refractivity contribution in [1.82, 2.24) is 0 Å². The van der Waals surface area contributed by atoms with E-state index in [1.165, 1.54) is 7.11 Å². The summed E-state index contributed by atoms with van der Waals surface area (Å²) in [6.45, 7) is 7.23. The Morgan fingerprint density at radius 2 is 1.92 bits per heavy atom. The lowest BCUT2D eigenvalue weighted by molar-refractivity contribution is 0.00578. The maximum absolute atomic E-state index is 15.1. The number of hydrogen-bond donors (Lipinski definition) is 0. The van der Waals surface area contributed by atoms with Gasteiger partial charge in [0.25, 0.3) is 0 Å². The van der Waals surface area contributed by atoms with Gasteiger partial charge in [0.15, 0.2) is 0 Å². The van der Waals surface area contributed by atoms with Crippen LogP contribution in [-0.2, 0) is 9.31 Å². The predicted molar refractivity (Wildman–Crippen MR) is 91.1 cm³/mol. The summed E-state index contributed by atoms with van der Waals surface area (Å²) < 4.78 is 31.8. The van der Waals surface area contributed by atoms with Gasteiger partial charge in [-0.1, -0.05) is 17.2 Å². The molecule has 0 saturated carbocycles. The number of halogens is 1. The average molecular weight is 333 g/mol. The highest BCUT2D eigenvalue weighted by atomic mass is 19.1. The van der Waals surface area contributed by atoms with Gasteiger partial charge in [0.05, 0.1) is 24.9 Å². The summed E-state index contributed by atoms with van der Waals surface area (Å²) in [7, 11) is 0.380. The molecular weight excluding hydrogens is 312 g/mol. The molecule has 0 amide bonds. The highest BCUT2D eigenvalue weighted by molar-refractivity contribution is 6.55. The summed E-state index contributed by atoms with van der Waals surface area (Å²) in [5, 5.41) is 3.50. The predicted octanol–water partition coefficient (Wildman–Crippen LogP) is 4.32. The van der Waals surface area contributed by atoms with Crippen molar-refractivity contribution in [3.63, 3.8) is 0 Å². The second-order valence-electron chi connectivity index (χ2n) is 6.54. The quantitative estimate of drug-likeness (QED) is 0.348. The normalized spacial score (nSPS) is 19.5. The zero-order valence-corrected chi connectivity index (χ0v) is 14.5. The molecule has 128 valence electrons. The van der Waals surface area contributed by atoms with Crippen LogP contribution in [0.4, 0.5) is 4.39 Å². The zero-order chi connectivity index (χ0) is 18.0. The van der Waals surface area contributed by atoms with E-state index in [0.29, 0.717) is 11.3 Å². The van der Waals surface area contributed by atoms with Crippen LogP contribution in [0.2, 0.25) is 0 Å².